The highest BCUT2D eigenvalue weighted by Crippen LogP contribution is 2.44. The third-order valence-corrected chi connectivity index (χ3v) is 20.2. The molecule has 558 valence electrons. The number of rotatable bonds is 17. The fraction of sp³-hybridized carbons (Fsp3) is 0.196. The summed E-state index contributed by atoms with van der Waals surface area (Å²) in [4.78, 5) is 0. The van der Waals surface area contributed by atoms with Gasteiger partial charge in [0.05, 0.1) is 0 Å². The van der Waals surface area contributed by atoms with Crippen LogP contribution in [0.2, 0.25) is 0 Å². The Bertz CT molecular complexity index is 5320. The summed E-state index contributed by atoms with van der Waals surface area (Å²) in [6.07, 6.45) is 0. The first kappa shape index (κ1) is 78.8. The van der Waals surface area contributed by atoms with Gasteiger partial charge in [0.25, 0.3) is 0 Å². The highest BCUT2D eigenvalue weighted by Gasteiger charge is 2.20. The molecule has 0 radical (unpaired) electrons. The average molecular weight is 1460 g/mol. The molecule has 0 N–H and O–H groups in total. The monoisotopic (exact) mass is 1450 g/mol. The molecule has 0 amide bonds. The van der Waals surface area contributed by atoms with Gasteiger partial charge in [0.2, 0.25) is 0 Å². The zero-order valence-corrected chi connectivity index (χ0v) is 67.2. The van der Waals surface area contributed by atoms with E-state index < -0.39 is 0 Å². The van der Waals surface area contributed by atoms with Crippen molar-refractivity contribution < 1.29 is 37.9 Å². The van der Waals surface area contributed by atoms with Crippen molar-refractivity contribution in [3.63, 3.8) is 0 Å². The predicted molar refractivity (Wildman–Crippen MR) is 455 cm³/mol. The number of para-hydroxylation sites is 4. The molecular formula is C102H102O8. The van der Waals surface area contributed by atoms with Crippen LogP contribution in [0.15, 0.2) is 273 Å². The summed E-state index contributed by atoms with van der Waals surface area (Å²) in [5, 5.41) is 2.24. The molecule has 14 aromatic rings. The summed E-state index contributed by atoms with van der Waals surface area (Å²) in [7, 11) is 0. The molecule has 0 aliphatic carbocycles. The molecule has 0 aromatic heterocycles. The number of ether oxygens (including phenoxy) is 8. The van der Waals surface area contributed by atoms with E-state index >= 15 is 0 Å². The Hall–Kier alpha value is -12.3. The Labute approximate surface area is 652 Å². The molecule has 14 aromatic carbocycles. The second-order valence-corrected chi connectivity index (χ2v) is 29.8. The zero-order valence-electron chi connectivity index (χ0n) is 67.2. The fourth-order valence-corrected chi connectivity index (χ4v) is 11.9. The molecule has 0 aliphatic heterocycles. The molecule has 0 saturated heterocycles. The Balaban J connectivity index is 0.000000146. The maximum Gasteiger partial charge on any atom is 0.170 e. The van der Waals surface area contributed by atoms with E-state index in [-0.39, 0.29) is 5.41 Å². The Morgan fingerprint density at radius 1 is 0.164 bits per heavy atom. The molecule has 0 saturated carbocycles. The highest BCUT2D eigenvalue weighted by molar-refractivity contribution is 5.86. The van der Waals surface area contributed by atoms with Crippen molar-refractivity contribution in [2.75, 3.05) is 0 Å². The molecule has 8 heteroatoms. The van der Waals surface area contributed by atoms with E-state index in [9.17, 15) is 0 Å². The molecule has 14 rings (SSSR count). The van der Waals surface area contributed by atoms with Crippen LogP contribution in [0.5, 0.6) is 92.0 Å². The minimum absolute atomic E-state index is 0.0281. The summed E-state index contributed by atoms with van der Waals surface area (Å²) in [5.74, 6) is 12.4. The van der Waals surface area contributed by atoms with Crippen LogP contribution in [-0.4, -0.2) is 0 Å². The van der Waals surface area contributed by atoms with Gasteiger partial charge in [0.15, 0.2) is 34.5 Å². The lowest BCUT2D eigenvalue weighted by molar-refractivity contribution is 0.416. The van der Waals surface area contributed by atoms with Gasteiger partial charge >= 0.3 is 0 Å². The second kappa shape index (κ2) is 35.6. The van der Waals surface area contributed by atoms with Gasteiger partial charge in [-0.2, -0.15) is 0 Å². The van der Waals surface area contributed by atoms with Crippen LogP contribution >= 0.6 is 0 Å². The molecular weight excluding hydrogens is 1350 g/mol. The molecule has 0 atom stereocenters. The number of hydrogen-bond acceptors (Lipinski definition) is 8. The van der Waals surface area contributed by atoms with Crippen molar-refractivity contribution in [3.05, 3.63) is 368 Å². The van der Waals surface area contributed by atoms with Gasteiger partial charge in [-0.15, -0.1) is 0 Å². The summed E-state index contributed by atoms with van der Waals surface area (Å²) in [6.45, 7) is 40.1. The van der Waals surface area contributed by atoms with Crippen molar-refractivity contribution >= 4 is 10.8 Å². The molecule has 0 unspecified atom stereocenters. The molecule has 0 aliphatic rings. The van der Waals surface area contributed by atoms with Crippen LogP contribution in [0.25, 0.3) is 21.9 Å². The summed E-state index contributed by atoms with van der Waals surface area (Å²) < 4.78 is 49.7. The standard InChI is InChI=1S/C28H26O2.C26H24O2.C26H30O2.C22H22O2/c1-19-13-15-23(17-21(19)3)29-27-11-7-5-9-25(27)26-10-6-8-12-28(26)30-24-16-14-20(2)22(4)18-24;1-17-9-11-23(13-19(17)3)27-25-15-21-7-5-6-8-22(21)16-26(25)28-24-12-10-18(2)20(4)14-24;1-17-8-11-22(14-19(17)3)27-24-13-10-21(26(5,6)7)16-25(24)28-23-12-9-18(2)20(4)15-23;1-15-9-11-19(13-17(15)3)23-21-7-5-6-8-22(21)24-20-12-10-16(2)18(4)14-20/h5-18H,1-4H3;5-16H,1-4H3;8-16H,1-7H3;5-14H,1-4H3. The van der Waals surface area contributed by atoms with Crippen LogP contribution in [0.1, 0.15) is 115 Å². The Morgan fingerprint density at radius 2 is 0.364 bits per heavy atom. The van der Waals surface area contributed by atoms with Gasteiger partial charge in [-0.25, -0.2) is 0 Å². The highest BCUT2D eigenvalue weighted by atomic mass is 16.5. The molecule has 0 fully saturated rings. The van der Waals surface area contributed by atoms with Gasteiger partial charge < -0.3 is 37.9 Å². The van der Waals surface area contributed by atoms with E-state index in [0.29, 0.717) is 23.0 Å². The minimum atomic E-state index is 0.0281. The largest absolute Gasteiger partial charge is 0.457 e. The summed E-state index contributed by atoms with van der Waals surface area (Å²) >= 11 is 0. The fourth-order valence-electron chi connectivity index (χ4n) is 11.9. The minimum Gasteiger partial charge on any atom is -0.457 e. The summed E-state index contributed by atoms with van der Waals surface area (Å²) in [6, 6.07) is 91.5. The maximum absolute atomic E-state index is 6.28. The first-order chi connectivity index (χ1) is 52.7. The molecule has 0 spiro atoms. The zero-order chi connectivity index (χ0) is 78.3. The molecule has 0 heterocycles. The van der Waals surface area contributed by atoms with E-state index in [1.165, 1.54) is 94.6 Å². The van der Waals surface area contributed by atoms with E-state index in [4.69, 9.17) is 37.9 Å². The Morgan fingerprint density at radius 3 is 0.609 bits per heavy atom. The first-order valence-corrected chi connectivity index (χ1v) is 37.6. The molecule has 8 nitrogen and oxygen atoms in total. The molecule has 0 bridgehead atoms. The average Bonchev–Trinajstić information content (AvgIpc) is 0.810. The van der Waals surface area contributed by atoms with Crippen LogP contribution in [0.3, 0.4) is 0 Å². The van der Waals surface area contributed by atoms with E-state index in [2.05, 4.69) is 253 Å². The van der Waals surface area contributed by atoms with Gasteiger partial charge in [-0.1, -0.05) is 148 Å². The number of benzene rings is 14. The topological polar surface area (TPSA) is 73.8 Å². The maximum atomic E-state index is 6.28. The quantitative estimate of drug-likeness (QED) is 0.0893. The smallest absolute Gasteiger partial charge is 0.170 e. The number of aryl methyl sites for hydroxylation is 16. The predicted octanol–water partition coefficient (Wildman–Crippen LogP) is 30.1. The van der Waals surface area contributed by atoms with Crippen molar-refractivity contribution in [1.82, 2.24) is 0 Å². The van der Waals surface area contributed by atoms with Crippen LogP contribution in [0.4, 0.5) is 0 Å². The van der Waals surface area contributed by atoms with Crippen LogP contribution < -0.4 is 37.9 Å². The van der Waals surface area contributed by atoms with E-state index in [1.807, 2.05) is 152 Å². The van der Waals surface area contributed by atoms with Crippen molar-refractivity contribution in [1.29, 1.82) is 0 Å². The van der Waals surface area contributed by atoms with Crippen molar-refractivity contribution in [3.8, 4) is 103 Å². The normalized spacial score (nSPS) is 10.9. The Kier molecular flexibility index (Phi) is 25.5. The lowest BCUT2D eigenvalue weighted by Gasteiger charge is -2.21. The van der Waals surface area contributed by atoms with Crippen LogP contribution in [0, 0.1) is 111 Å². The lowest BCUT2D eigenvalue weighted by Crippen LogP contribution is -2.11. The SMILES string of the molecule is Cc1ccc(Oc2cc3ccccc3cc2Oc2ccc(C)c(C)c2)cc1C.Cc1ccc(Oc2ccc(C(C)(C)C)cc2Oc2ccc(C)c(C)c2)cc1C.Cc1ccc(Oc2ccccc2-c2ccccc2Oc2ccc(C)c(C)c2)cc1C.Cc1ccc(Oc2ccccc2Oc2ccc(C)c(C)c2)cc1C. The van der Waals surface area contributed by atoms with E-state index in [1.54, 1.807) is 0 Å². The lowest BCUT2D eigenvalue weighted by atomic mass is 9.87. The van der Waals surface area contributed by atoms with Gasteiger partial charge in [-0.3, -0.25) is 0 Å². The molecule has 110 heavy (non-hydrogen) atoms. The van der Waals surface area contributed by atoms with Crippen molar-refractivity contribution in [2.24, 2.45) is 0 Å². The number of fused-ring (bicyclic) bond motifs is 1. The number of hydrogen-bond donors (Lipinski definition) is 0. The van der Waals surface area contributed by atoms with Gasteiger partial charge in [-0.05, 0) is 367 Å². The first-order valence-electron chi connectivity index (χ1n) is 37.6. The third-order valence-electron chi connectivity index (χ3n) is 20.2. The second-order valence-electron chi connectivity index (χ2n) is 29.8. The van der Waals surface area contributed by atoms with E-state index in [0.717, 1.165) is 90.9 Å². The van der Waals surface area contributed by atoms with Crippen molar-refractivity contribution in [2.45, 2.75) is 137 Å². The van der Waals surface area contributed by atoms with Gasteiger partial charge in [0.1, 0.15) is 57.5 Å². The summed E-state index contributed by atoms with van der Waals surface area (Å²) in [5.41, 5.74) is 22.9. The van der Waals surface area contributed by atoms with Gasteiger partial charge in [0, 0.05) is 11.1 Å². The van der Waals surface area contributed by atoms with Crippen LogP contribution in [-0.2, 0) is 5.41 Å². The third kappa shape index (κ3) is 20.9.